The Labute approximate surface area is 113 Å². The summed E-state index contributed by atoms with van der Waals surface area (Å²) in [5, 5.41) is 0. The fourth-order valence-corrected chi connectivity index (χ4v) is 2.45. The summed E-state index contributed by atoms with van der Waals surface area (Å²) in [5.74, 6) is -0.211. The fourth-order valence-electron chi connectivity index (χ4n) is 2.45. The van der Waals surface area contributed by atoms with E-state index >= 15 is 0 Å². The number of benzene rings is 1. The zero-order chi connectivity index (χ0) is 13.8. The lowest BCUT2D eigenvalue weighted by Crippen LogP contribution is -2.49. The zero-order valence-corrected chi connectivity index (χ0v) is 11.4. The van der Waals surface area contributed by atoms with Gasteiger partial charge in [-0.1, -0.05) is 26.0 Å². The van der Waals surface area contributed by atoms with Crippen molar-refractivity contribution in [1.29, 1.82) is 0 Å². The van der Waals surface area contributed by atoms with Gasteiger partial charge in [0, 0.05) is 6.54 Å². The highest BCUT2D eigenvalue weighted by molar-refractivity contribution is 5.94. The Bertz CT molecular complexity index is 448. The number of ether oxygens (including phenoxy) is 1. The first-order chi connectivity index (χ1) is 9.09. The summed E-state index contributed by atoms with van der Waals surface area (Å²) in [6.45, 7) is 5.82. The number of amides is 1. The fraction of sp³-hybridized carbons (Fsp3) is 0.533. The van der Waals surface area contributed by atoms with Gasteiger partial charge in [-0.05, 0) is 24.5 Å². The molecule has 2 rings (SSSR count). The van der Waals surface area contributed by atoms with Gasteiger partial charge in [0.05, 0.1) is 24.8 Å². The highest BCUT2D eigenvalue weighted by Gasteiger charge is 2.29. The quantitative estimate of drug-likeness (QED) is 0.841. The molecule has 104 valence electrons. The smallest absolute Gasteiger partial charge is 0.257 e. The summed E-state index contributed by atoms with van der Waals surface area (Å²) in [6, 6.07) is 6.19. The molecule has 4 heteroatoms. The highest BCUT2D eigenvalue weighted by Crippen LogP contribution is 2.19. The van der Waals surface area contributed by atoms with E-state index in [1.807, 2.05) is 0 Å². The van der Waals surface area contributed by atoms with Crippen molar-refractivity contribution in [3.63, 3.8) is 0 Å². The van der Waals surface area contributed by atoms with E-state index in [2.05, 4.69) is 13.8 Å². The van der Waals surface area contributed by atoms with Gasteiger partial charge < -0.3 is 9.64 Å². The Hall–Kier alpha value is -1.42. The summed E-state index contributed by atoms with van der Waals surface area (Å²) in [7, 11) is 0. The molecule has 1 fully saturated rings. The van der Waals surface area contributed by atoms with Crippen molar-refractivity contribution in [1.82, 2.24) is 4.90 Å². The average Bonchev–Trinajstić information content (AvgIpc) is 2.38. The summed E-state index contributed by atoms with van der Waals surface area (Å²) < 4.78 is 19.1. The van der Waals surface area contributed by atoms with Crippen LogP contribution in [0, 0.1) is 11.7 Å². The summed E-state index contributed by atoms with van der Waals surface area (Å²) in [6.07, 6.45) is 0.875. The van der Waals surface area contributed by atoms with Crippen LogP contribution < -0.4 is 0 Å². The molecule has 3 nitrogen and oxygen atoms in total. The molecule has 1 aromatic carbocycles. The van der Waals surface area contributed by atoms with Gasteiger partial charge in [0.15, 0.2) is 0 Å². The van der Waals surface area contributed by atoms with Gasteiger partial charge in [-0.2, -0.15) is 0 Å². The number of rotatable bonds is 3. The van der Waals surface area contributed by atoms with E-state index in [1.165, 1.54) is 6.07 Å². The number of carbonyl (C=O) groups is 1. The molecule has 0 aromatic heterocycles. The van der Waals surface area contributed by atoms with Gasteiger partial charge >= 0.3 is 0 Å². The topological polar surface area (TPSA) is 29.5 Å². The third-order valence-electron chi connectivity index (χ3n) is 3.34. The molecular weight excluding hydrogens is 245 g/mol. The third-order valence-corrected chi connectivity index (χ3v) is 3.34. The lowest BCUT2D eigenvalue weighted by atomic mass is 10.0. The molecular formula is C15H20FNO2. The summed E-state index contributed by atoms with van der Waals surface area (Å²) >= 11 is 0. The van der Waals surface area contributed by atoms with Gasteiger partial charge in [0.25, 0.3) is 5.91 Å². The van der Waals surface area contributed by atoms with Gasteiger partial charge in [-0.15, -0.1) is 0 Å². The number of morpholine rings is 1. The van der Waals surface area contributed by atoms with Crippen LogP contribution in [0.3, 0.4) is 0 Å². The molecule has 0 saturated carbocycles. The molecule has 1 saturated heterocycles. The van der Waals surface area contributed by atoms with Crippen LogP contribution in [0.5, 0.6) is 0 Å². The predicted molar refractivity (Wildman–Crippen MR) is 71.5 cm³/mol. The van der Waals surface area contributed by atoms with E-state index in [9.17, 15) is 9.18 Å². The first-order valence-corrected chi connectivity index (χ1v) is 6.73. The van der Waals surface area contributed by atoms with Crippen molar-refractivity contribution >= 4 is 5.91 Å². The standard InChI is InChI=1S/C15H20FNO2/c1-11(2)9-12-10-19-8-7-17(12)15(18)13-5-3-4-6-14(13)16/h3-6,11-12H,7-10H2,1-2H3. The van der Waals surface area contributed by atoms with Crippen molar-refractivity contribution in [2.24, 2.45) is 5.92 Å². The molecule has 1 heterocycles. The minimum Gasteiger partial charge on any atom is -0.377 e. The Kier molecular flexibility index (Phi) is 4.53. The van der Waals surface area contributed by atoms with E-state index in [1.54, 1.807) is 23.1 Å². The number of hydrogen-bond acceptors (Lipinski definition) is 2. The molecule has 19 heavy (non-hydrogen) atoms. The number of halogens is 1. The minimum absolute atomic E-state index is 0.0425. The van der Waals surface area contributed by atoms with E-state index in [-0.39, 0.29) is 17.5 Å². The van der Waals surface area contributed by atoms with Crippen LogP contribution in [0.2, 0.25) is 0 Å². The Morgan fingerprint density at radius 1 is 1.47 bits per heavy atom. The maximum absolute atomic E-state index is 13.7. The SMILES string of the molecule is CC(C)CC1COCCN1C(=O)c1ccccc1F. The second-order valence-electron chi connectivity index (χ2n) is 5.34. The van der Waals surface area contributed by atoms with Crippen molar-refractivity contribution < 1.29 is 13.9 Å². The highest BCUT2D eigenvalue weighted by atomic mass is 19.1. The maximum atomic E-state index is 13.7. The molecule has 0 bridgehead atoms. The van der Waals surface area contributed by atoms with Crippen molar-refractivity contribution in [3.05, 3.63) is 35.6 Å². The average molecular weight is 265 g/mol. The third kappa shape index (κ3) is 3.32. The van der Waals surface area contributed by atoms with Crippen molar-refractivity contribution in [3.8, 4) is 0 Å². The van der Waals surface area contributed by atoms with E-state index < -0.39 is 5.82 Å². The van der Waals surface area contributed by atoms with Gasteiger partial charge in [-0.25, -0.2) is 4.39 Å². The van der Waals surface area contributed by atoms with E-state index in [4.69, 9.17) is 4.74 Å². The van der Waals surface area contributed by atoms with E-state index in [0.29, 0.717) is 25.7 Å². The molecule has 1 amide bonds. The molecule has 1 aliphatic heterocycles. The van der Waals surface area contributed by atoms with Crippen LogP contribution in [0.4, 0.5) is 4.39 Å². The molecule has 0 radical (unpaired) electrons. The second kappa shape index (κ2) is 6.15. The van der Waals surface area contributed by atoms with Gasteiger partial charge in [0.2, 0.25) is 0 Å². The minimum atomic E-state index is -0.456. The molecule has 0 aliphatic carbocycles. The molecule has 1 unspecified atom stereocenters. The lowest BCUT2D eigenvalue weighted by Gasteiger charge is -2.36. The number of carbonyl (C=O) groups excluding carboxylic acids is 1. The molecule has 0 spiro atoms. The largest absolute Gasteiger partial charge is 0.377 e. The number of hydrogen-bond donors (Lipinski definition) is 0. The number of nitrogens with zero attached hydrogens (tertiary/aromatic N) is 1. The van der Waals surface area contributed by atoms with Crippen LogP contribution in [0.1, 0.15) is 30.6 Å². The lowest BCUT2D eigenvalue weighted by molar-refractivity contribution is -0.00768. The van der Waals surface area contributed by atoms with Gasteiger partial charge in [0.1, 0.15) is 5.82 Å². The van der Waals surface area contributed by atoms with Crippen LogP contribution in [0.25, 0.3) is 0 Å². The Morgan fingerprint density at radius 3 is 2.89 bits per heavy atom. The Balaban J connectivity index is 2.18. The zero-order valence-electron chi connectivity index (χ0n) is 11.4. The van der Waals surface area contributed by atoms with Gasteiger partial charge in [-0.3, -0.25) is 4.79 Å². The first kappa shape index (κ1) is 14.0. The summed E-state index contributed by atoms with van der Waals surface area (Å²) in [4.78, 5) is 14.2. The van der Waals surface area contributed by atoms with E-state index in [0.717, 1.165) is 6.42 Å². The van der Waals surface area contributed by atoms with Crippen LogP contribution in [-0.4, -0.2) is 36.6 Å². The van der Waals surface area contributed by atoms with Crippen LogP contribution >= 0.6 is 0 Å². The van der Waals surface area contributed by atoms with Crippen molar-refractivity contribution in [2.75, 3.05) is 19.8 Å². The second-order valence-corrected chi connectivity index (χ2v) is 5.34. The molecule has 1 aromatic rings. The molecule has 0 N–H and O–H groups in total. The molecule has 1 aliphatic rings. The Morgan fingerprint density at radius 2 is 2.21 bits per heavy atom. The van der Waals surface area contributed by atoms with Crippen LogP contribution in [0.15, 0.2) is 24.3 Å². The molecule has 1 atom stereocenters. The normalized spacial score (nSPS) is 19.8. The first-order valence-electron chi connectivity index (χ1n) is 6.73. The van der Waals surface area contributed by atoms with Crippen LogP contribution in [-0.2, 0) is 4.74 Å². The monoisotopic (exact) mass is 265 g/mol. The summed E-state index contributed by atoms with van der Waals surface area (Å²) in [5.41, 5.74) is 0.151. The predicted octanol–water partition coefficient (Wildman–Crippen LogP) is 2.71. The maximum Gasteiger partial charge on any atom is 0.257 e. The van der Waals surface area contributed by atoms with Crippen molar-refractivity contribution in [2.45, 2.75) is 26.3 Å².